The summed E-state index contributed by atoms with van der Waals surface area (Å²) in [4.78, 5) is 3.65. The molecule has 0 amide bonds. The smallest absolute Gasteiger partial charge is 0.219 e. The molecule has 0 radical (unpaired) electrons. The number of nitrogens with one attached hydrogen (secondary N) is 2. The fraction of sp³-hybridized carbons (Fsp3) is 0.560. The first-order valence-electron chi connectivity index (χ1n) is 11.6. The van der Waals surface area contributed by atoms with Gasteiger partial charge in [0.1, 0.15) is 18.2 Å². The van der Waals surface area contributed by atoms with Crippen molar-refractivity contribution in [1.29, 1.82) is 0 Å². The summed E-state index contributed by atoms with van der Waals surface area (Å²) in [7, 11) is 0. The van der Waals surface area contributed by atoms with Gasteiger partial charge in [-0.05, 0) is 87.2 Å². The molecule has 166 valence electrons. The molecule has 2 aliphatic carbocycles. The molecule has 2 atom stereocenters. The summed E-state index contributed by atoms with van der Waals surface area (Å²) < 4.78 is 33.6. The maximum atomic E-state index is 13.9. The molecule has 31 heavy (non-hydrogen) atoms. The maximum Gasteiger partial charge on any atom is 0.219 e. The molecular weight excluding hydrogens is 396 g/mol. The van der Waals surface area contributed by atoms with Crippen LogP contribution >= 0.6 is 0 Å². The lowest BCUT2D eigenvalue weighted by Crippen LogP contribution is -2.43. The van der Waals surface area contributed by atoms with Gasteiger partial charge < -0.3 is 15.4 Å². The summed E-state index contributed by atoms with van der Waals surface area (Å²) in [5.41, 5.74) is 1.96. The second-order valence-electron chi connectivity index (χ2n) is 9.56. The van der Waals surface area contributed by atoms with Crippen LogP contribution in [-0.4, -0.2) is 30.2 Å². The van der Waals surface area contributed by atoms with Gasteiger partial charge in [0.2, 0.25) is 5.95 Å². The average molecular weight is 428 g/mol. The SMILES string of the molecule is Fc1ccc([C@@H]2C[C@H]2NC2CCC3(CCNCC3)CC2)c(OCc2cccnc2F)c1. The van der Waals surface area contributed by atoms with E-state index >= 15 is 0 Å². The number of piperidine rings is 1. The van der Waals surface area contributed by atoms with Crippen molar-refractivity contribution in [2.24, 2.45) is 5.41 Å². The van der Waals surface area contributed by atoms with Crippen molar-refractivity contribution in [2.45, 2.75) is 69.6 Å². The standard InChI is InChI=1S/C25H31F2N3O/c26-18-3-4-20(23(14-18)31-16-17-2-1-11-29-24(17)27)21-15-22(21)30-19-5-7-25(8-6-19)9-12-28-13-10-25/h1-4,11,14,19,21-22,28,30H,5-10,12-13,15-16H2/t21-,22+/m0/s1. The Bertz CT molecular complexity index is 905. The molecule has 2 N–H and O–H groups in total. The van der Waals surface area contributed by atoms with Crippen LogP contribution in [0.3, 0.4) is 0 Å². The Balaban J connectivity index is 1.18. The third-order valence-corrected chi connectivity index (χ3v) is 7.55. The number of hydrogen-bond donors (Lipinski definition) is 2. The number of benzene rings is 1. The molecule has 4 nitrogen and oxygen atoms in total. The van der Waals surface area contributed by atoms with Crippen LogP contribution in [-0.2, 0) is 6.61 Å². The molecule has 2 aromatic rings. The van der Waals surface area contributed by atoms with Gasteiger partial charge in [0.15, 0.2) is 0 Å². The number of halogens is 2. The molecule has 6 heteroatoms. The summed E-state index contributed by atoms with van der Waals surface area (Å²) in [6.07, 6.45) is 10.2. The van der Waals surface area contributed by atoms with E-state index in [0.717, 1.165) is 12.0 Å². The van der Waals surface area contributed by atoms with Crippen LogP contribution < -0.4 is 15.4 Å². The van der Waals surface area contributed by atoms with Crippen LogP contribution in [0.1, 0.15) is 62.0 Å². The van der Waals surface area contributed by atoms with E-state index in [1.165, 1.54) is 69.9 Å². The molecule has 0 bridgehead atoms. The molecule has 2 saturated carbocycles. The van der Waals surface area contributed by atoms with E-state index in [-0.39, 0.29) is 12.4 Å². The van der Waals surface area contributed by atoms with E-state index in [4.69, 9.17) is 4.74 Å². The highest BCUT2D eigenvalue weighted by molar-refractivity contribution is 5.41. The molecule has 1 aromatic carbocycles. The first-order valence-corrected chi connectivity index (χ1v) is 11.6. The molecule has 1 saturated heterocycles. The van der Waals surface area contributed by atoms with Gasteiger partial charge in [-0.3, -0.25) is 0 Å². The molecule has 1 aromatic heterocycles. The molecule has 0 unspecified atom stereocenters. The Morgan fingerprint density at radius 2 is 1.90 bits per heavy atom. The van der Waals surface area contributed by atoms with Gasteiger partial charge in [0, 0.05) is 35.8 Å². The molecule has 1 spiro atoms. The first-order chi connectivity index (χ1) is 15.1. The van der Waals surface area contributed by atoms with Gasteiger partial charge in [0.25, 0.3) is 0 Å². The van der Waals surface area contributed by atoms with Crippen molar-refractivity contribution in [2.75, 3.05) is 13.1 Å². The van der Waals surface area contributed by atoms with Crippen LogP contribution in [0.15, 0.2) is 36.5 Å². The number of rotatable bonds is 6. The number of ether oxygens (including phenoxy) is 1. The lowest BCUT2D eigenvalue weighted by molar-refractivity contribution is 0.115. The first kappa shape index (κ1) is 20.8. The largest absolute Gasteiger partial charge is 0.488 e. The molecule has 3 aliphatic rings. The van der Waals surface area contributed by atoms with Crippen molar-refractivity contribution in [1.82, 2.24) is 15.6 Å². The molecule has 3 fully saturated rings. The molecule has 1 aliphatic heterocycles. The number of hydrogen-bond acceptors (Lipinski definition) is 4. The van der Waals surface area contributed by atoms with Crippen LogP contribution in [0.4, 0.5) is 8.78 Å². The fourth-order valence-electron chi connectivity index (χ4n) is 5.50. The predicted molar refractivity (Wildman–Crippen MR) is 116 cm³/mol. The van der Waals surface area contributed by atoms with Crippen molar-refractivity contribution in [3.63, 3.8) is 0 Å². The third kappa shape index (κ3) is 4.75. The summed E-state index contributed by atoms with van der Waals surface area (Å²) >= 11 is 0. The summed E-state index contributed by atoms with van der Waals surface area (Å²) in [5.74, 6) is -0.0516. The van der Waals surface area contributed by atoms with Gasteiger partial charge in [-0.25, -0.2) is 9.37 Å². The molecule has 5 rings (SSSR count). The van der Waals surface area contributed by atoms with Crippen molar-refractivity contribution in [3.8, 4) is 5.75 Å². The quantitative estimate of drug-likeness (QED) is 0.656. The minimum absolute atomic E-state index is 0.0422. The Morgan fingerprint density at radius 1 is 1.10 bits per heavy atom. The van der Waals surface area contributed by atoms with Crippen molar-refractivity contribution < 1.29 is 13.5 Å². The molecule has 2 heterocycles. The zero-order valence-corrected chi connectivity index (χ0v) is 17.9. The van der Waals surface area contributed by atoms with E-state index in [0.29, 0.717) is 34.7 Å². The predicted octanol–water partition coefficient (Wildman–Crippen LogP) is 4.70. The minimum atomic E-state index is -0.546. The van der Waals surface area contributed by atoms with Crippen LogP contribution in [0.5, 0.6) is 5.75 Å². The van der Waals surface area contributed by atoms with Crippen LogP contribution in [0, 0.1) is 17.2 Å². The lowest BCUT2D eigenvalue weighted by Gasteiger charge is -2.43. The Hall–Kier alpha value is -2.05. The minimum Gasteiger partial charge on any atom is -0.488 e. The number of aromatic nitrogens is 1. The van der Waals surface area contributed by atoms with E-state index in [2.05, 4.69) is 15.6 Å². The third-order valence-electron chi connectivity index (χ3n) is 7.55. The highest BCUT2D eigenvalue weighted by Gasteiger charge is 2.43. The monoisotopic (exact) mass is 427 g/mol. The lowest BCUT2D eigenvalue weighted by atomic mass is 9.67. The van der Waals surface area contributed by atoms with Crippen LogP contribution in [0.25, 0.3) is 0 Å². The summed E-state index contributed by atoms with van der Waals surface area (Å²) in [6.45, 7) is 2.37. The van der Waals surface area contributed by atoms with E-state index in [9.17, 15) is 8.78 Å². The number of nitrogens with zero attached hydrogens (tertiary/aromatic N) is 1. The Kier molecular flexibility index (Phi) is 5.93. The highest BCUT2D eigenvalue weighted by atomic mass is 19.1. The normalized spacial score (nSPS) is 25.5. The van der Waals surface area contributed by atoms with E-state index < -0.39 is 5.95 Å². The second-order valence-corrected chi connectivity index (χ2v) is 9.56. The van der Waals surface area contributed by atoms with Gasteiger partial charge in [-0.15, -0.1) is 0 Å². The second kappa shape index (κ2) is 8.83. The summed E-state index contributed by atoms with van der Waals surface area (Å²) in [6, 6.07) is 9.03. The maximum absolute atomic E-state index is 13.9. The zero-order valence-electron chi connectivity index (χ0n) is 17.9. The van der Waals surface area contributed by atoms with Crippen molar-refractivity contribution >= 4 is 0 Å². The van der Waals surface area contributed by atoms with E-state index in [1.54, 1.807) is 12.1 Å². The van der Waals surface area contributed by atoms with Gasteiger partial charge >= 0.3 is 0 Å². The van der Waals surface area contributed by atoms with Crippen molar-refractivity contribution in [3.05, 3.63) is 59.4 Å². The Labute approximate surface area is 182 Å². The topological polar surface area (TPSA) is 46.2 Å². The average Bonchev–Trinajstić information content (AvgIpc) is 3.54. The summed E-state index contributed by atoms with van der Waals surface area (Å²) in [5, 5.41) is 7.34. The zero-order chi connectivity index (χ0) is 21.3. The van der Waals surface area contributed by atoms with Crippen LogP contribution in [0.2, 0.25) is 0 Å². The van der Waals surface area contributed by atoms with Gasteiger partial charge in [-0.1, -0.05) is 6.07 Å². The number of pyridine rings is 1. The van der Waals surface area contributed by atoms with Gasteiger partial charge in [0.05, 0.1) is 0 Å². The van der Waals surface area contributed by atoms with Gasteiger partial charge in [-0.2, -0.15) is 4.39 Å². The highest BCUT2D eigenvalue weighted by Crippen LogP contribution is 2.48. The fourth-order valence-corrected chi connectivity index (χ4v) is 5.50. The Morgan fingerprint density at radius 3 is 2.68 bits per heavy atom. The molecular formula is C25H31F2N3O. The van der Waals surface area contributed by atoms with E-state index in [1.807, 2.05) is 6.07 Å².